The number of nitrogens with one attached hydrogen (secondary N) is 1. The van der Waals surface area contributed by atoms with Crippen LogP contribution in [0.3, 0.4) is 0 Å². The molecule has 90 valence electrons. The summed E-state index contributed by atoms with van der Waals surface area (Å²) < 4.78 is 0. The van der Waals surface area contributed by atoms with Crippen LogP contribution in [-0.4, -0.2) is 17.7 Å². The third-order valence-corrected chi connectivity index (χ3v) is 5.35. The molecule has 0 aliphatic carbocycles. The predicted molar refractivity (Wildman–Crippen MR) is 72.7 cm³/mol. The van der Waals surface area contributed by atoms with Crippen molar-refractivity contribution < 1.29 is 5.11 Å². The fraction of sp³-hybridized carbons (Fsp3) is 0.385. The van der Waals surface area contributed by atoms with E-state index in [0.29, 0.717) is 0 Å². The predicted octanol–water partition coefficient (Wildman–Crippen LogP) is 2.80. The monoisotopic (exact) mass is 265 g/mol. The van der Waals surface area contributed by atoms with E-state index in [-0.39, 0.29) is 6.04 Å². The van der Waals surface area contributed by atoms with Gasteiger partial charge in [-0.2, -0.15) is 0 Å². The van der Waals surface area contributed by atoms with Gasteiger partial charge in [0, 0.05) is 15.8 Å². The number of thiophene rings is 2. The molecule has 0 unspecified atom stereocenters. The number of aliphatic hydroxyl groups is 1. The van der Waals surface area contributed by atoms with Gasteiger partial charge in [-0.3, -0.25) is 0 Å². The Morgan fingerprint density at radius 2 is 1.82 bits per heavy atom. The summed E-state index contributed by atoms with van der Waals surface area (Å²) in [5, 5.41) is 18.7. The van der Waals surface area contributed by atoms with Crippen molar-refractivity contribution in [3.8, 4) is 0 Å². The van der Waals surface area contributed by atoms with Crippen LogP contribution in [0.2, 0.25) is 0 Å². The van der Waals surface area contributed by atoms with Gasteiger partial charge in [-0.15, -0.1) is 22.7 Å². The van der Waals surface area contributed by atoms with Crippen LogP contribution in [-0.2, 0) is 5.60 Å². The molecule has 2 aromatic heterocycles. The fourth-order valence-electron chi connectivity index (χ4n) is 2.50. The van der Waals surface area contributed by atoms with E-state index in [1.165, 1.54) is 0 Å². The van der Waals surface area contributed by atoms with Gasteiger partial charge in [0.15, 0.2) is 0 Å². The minimum Gasteiger partial charge on any atom is -0.377 e. The highest BCUT2D eigenvalue weighted by Gasteiger charge is 2.43. The van der Waals surface area contributed by atoms with E-state index in [1.54, 1.807) is 22.7 Å². The van der Waals surface area contributed by atoms with Gasteiger partial charge in [-0.25, -0.2) is 0 Å². The second kappa shape index (κ2) is 4.53. The zero-order valence-corrected chi connectivity index (χ0v) is 11.1. The van der Waals surface area contributed by atoms with E-state index in [9.17, 15) is 5.11 Å². The SMILES string of the molecule is OC(c1cccs1)(c1cccs1)[C@@H]1CCCN1. The first kappa shape index (κ1) is 11.4. The summed E-state index contributed by atoms with van der Waals surface area (Å²) in [6, 6.07) is 8.22. The average Bonchev–Trinajstić information content (AvgIpc) is 3.10. The molecule has 0 spiro atoms. The smallest absolute Gasteiger partial charge is 0.148 e. The van der Waals surface area contributed by atoms with Gasteiger partial charge >= 0.3 is 0 Å². The molecule has 4 heteroatoms. The number of hydrogen-bond acceptors (Lipinski definition) is 4. The van der Waals surface area contributed by atoms with E-state index in [4.69, 9.17) is 0 Å². The molecule has 2 nitrogen and oxygen atoms in total. The Morgan fingerprint density at radius 1 is 1.18 bits per heavy atom. The summed E-state index contributed by atoms with van der Waals surface area (Å²) in [6.07, 6.45) is 2.18. The summed E-state index contributed by atoms with van der Waals surface area (Å²) in [7, 11) is 0. The minimum absolute atomic E-state index is 0.139. The molecule has 1 aliphatic rings. The van der Waals surface area contributed by atoms with Crippen molar-refractivity contribution >= 4 is 22.7 Å². The average molecular weight is 265 g/mol. The van der Waals surface area contributed by atoms with Crippen molar-refractivity contribution in [1.29, 1.82) is 0 Å². The van der Waals surface area contributed by atoms with Crippen LogP contribution in [0.1, 0.15) is 22.6 Å². The zero-order valence-electron chi connectivity index (χ0n) is 9.43. The van der Waals surface area contributed by atoms with Crippen LogP contribution in [0.4, 0.5) is 0 Å². The summed E-state index contributed by atoms with van der Waals surface area (Å²) >= 11 is 3.26. The van der Waals surface area contributed by atoms with Crippen LogP contribution in [0, 0.1) is 0 Å². The molecule has 1 saturated heterocycles. The van der Waals surface area contributed by atoms with Crippen molar-refractivity contribution in [1.82, 2.24) is 5.32 Å². The maximum absolute atomic E-state index is 11.2. The second-order valence-corrected chi connectivity index (χ2v) is 6.27. The van der Waals surface area contributed by atoms with Crippen LogP contribution in [0.25, 0.3) is 0 Å². The standard InChI is InChI=1S/C13H15NOS2/c15-13(10-4-1-7-14-10,11-5-2-8-16-11)12-6-3-9-17-12/h2-3,5-6,8-10,14-15H,1,4,7H2/t10-/m0/s1. The van der Waals surface area contributed by atoms with Gasteiger partial charge in [0.25, 0.3) is 0 Å². The van der Waals surface area contributed by atoms with Gasteiger partial charge in [0.1, 0.15) is 5.60 Å². The highest BCUT2D eigenvalue weighted by molar-refractivity contribution is 7.11. The van der Waals surface area contributed by atoms with E-state index in [0.717, 1.165) is 29.1 Å². The third-order valence-electron chi connectivity index (χ3n) is 3.36. The molecular formula is C13H15NOS2. The van der Waals surface area contributed by atoms with Gasteiger partial charge in [0.05, 0.1) is 0 Å². The molecule has 3 rings (SSSR count). The van der Waals surface area contributed by atoms with Crippen LogP contribution < -0.4 is 5.32 Å². The minimum atomic E-state index is -0.848. The normalized spacial score (nSPS) is 20.9. The van der Waals surface area contributed by atoms with Crippen LogP contribution in [0.15, 0.2) is 35.0 Å². The topological polar surface area (TPSA) is 32.3 Å². The molecule has 2 N–H and O–H groups in total. The summed E-state index contributed by atoms with van der Waals surface area (Å²) in [6.45, 7) is 1.00. The molecule has 0 saturated carbocycles. The molecule has 0 amide bonds. The Balaban J connectivity index is 2.07. The molecule has 1 aliphatic heterocycles. The molecular weight excluding hydrogens is 250 g/mol. The molecule has 1 atom stereocenters. The maximum atomic E-state index is 11.2. The lowest BCUT2D eigenvalue weighted by Crippen LogP contribution is -2.45. The van der Waals surface area contributed by atoms with Crippen LogP contribution >= 0.6 is 22.7 Å². The lowest BCUT2D eigenvalue weighted by atomic mass is 9.89. The Hall–Kier alpha value is -0.680. The first-order valence-electron chi connectivity index (χ1n) is 5.85. The molecule has 1 fully saturated rings. The maximum Gasteiger partial charge on any atom is 0.148 e. The highest BCUT2D eigenvalue weighted by atomic mass is 32.1. The van der Waals surface area contributed by atoms with Crippen molar-refractivity contribution in [2.75, 3.05) is 6.54 Å². The summed E-state index contributed by atoms with van der Waals surface area (Å²) in [5.41, 5.74) is -0.848. The Bertz CT molecular complexity index is 423. The first-order valence-corrected chi connectivity index (χ1v) is 7.61. The van der Waals surface area contributed by atoms with E-state index in [2.05, 4.69) is 5.32 Å². The van der Waals surface area contributed by atoms with Crippen molar-refractivity contribution in [2.24, 2.45) is 0 Å². The second-order valence-electron chi connectivity index (χ2n) is 4.37. The first-order chi connectivity index (χ1) is 8.32. The molecule has 3 heterocycles. The van der Waals surface area contributed by atoms with E-state index in [1.807, 2.05) is 35.0 Å². The number of hydrogen-bond donors (Lipinski definition) is 2. The molecule has 2 aromatic rings. The number of rotatable bonds is 3. The zero-order chi connectivity index (χ0) is 11.7. The van der Waals surface area contributed by atoms with E-state index >= 15 is 0 Å². The molecule has 0 bridgehead atoms. The quantitative estimate of drug-likeness (QED) is 0.894. The van der Waals surface area contributed by atoms with Crippen molar-refractivity contribution in [3.05, 3.63) is 44.8 Å². The van der Waals surface area contributed by atoms with Gasteiger partial charge in [0.2, 0.25) is 0 Å². The Labute approximate surface area is 109 Å². The van der Waals surface area contributed by atoms with Crippen LogP contribution in [0.5, 0.6) is 0 Å². The molecule has 17 heavy (non-hydrogen) atoms. The molecule has 0 aromatic carbocycles. The summed E-state index contributed by atoms with van der Waals surface area (Å²) in [4.78, 5) is 2.08. The Kier molecular flexibility index (Phi) is 3.04. The van der Waals surface area contributed by atoms with Gasteiger partial charge in [-0.05, 0) is 42.3 Å². The van der Waals surface area contributed by atoms with Gasteiger partial charge in [-0.1, -0.05) is 12.1 Å². The third kappa shape index (κ3) is 1.85. The van der Waals surface area contributed by atoms with Crippen molar-refractivity contribution in [2.45, 2.75) is 24.5 Å². The Morgan fingerprint density at radius 3 is 2.24 bits per heavy atom. The van der Waals surface area contributed by atoms with Crippen molar-refractivity contribution in [3.63, 3.8) is 0 Å². The molecule has 0 radical (unpaired) electrons. The van der Waals surface area contributed by atoms with Gasteiger partial charge < -0.3 is 10.4 Å². The fourth-order valence-corrected chi connectivity index (χ4v) is 4.35. The lowest BCUT2D eigenvalue weighted by Gasteiger charge is -2.32. The highest BCUT2D eigenvalue weighted by Crippen LogP contribution is 2.40. The van der Waals surface area contributed by atoms with E-state index < -0.39 is 5.60 Å². The summed E-state index contributed by atoms with van der Waals surface area (Å²) in [5.74, 6) is 0. The largest absolute Gasteiger partial charge is 0.377 e. The lowest BCUT2D eigenvalue weighted by molar-refractivity contribution is 0.0514.